The fourth-order valence-corrected chi connectivity index (χ4v) is 5.01. The van der Waals surface area contributed by atoms with Gasteiger partial charge in [0.25, 0.3) is 20.2 Å². The molecule has 0 atom stereocenters. The number of hydrogen-bond donors (Lipinski definition) is 2. The molecule has 0 spiro atoms. The fourth-order valence-electron chi connectivity index (χ4n) is 3.78. The van der Waals surface area contributed by atoms with E-state index in [1.807, 2.05) is 0 Å². The first-order valence-corrected chi connectivity index (χ1v) is 11.3. The van der Waals surface area contributed by atoms with E-state index in [0.717, 1.165) is 0 Å². The summed E-state index contributed by atoms with van der Waals surface area (Å²) in [7, 11) is -8.83. The topological polar surface area (TPSA) is 122 Å². The minimum atomic E-state index is -4.48. The number of furan rings is 1. The van der Waals surface area contributed by atoms with Crippen molar-refractivity contribution in [2.45, 2.75) is 9.79 Å². The normalized spacial score (nSPS) is 12.6. The standard InChI is InChI=1S/C20H12O7S2.Na.H/c21-28(22,23)12-6-7-13-11(9-12)5-8-16-19(13)20-15-4-2-1-3-14(15)18(29(24,25)26)10-17(20)27-16;;/h1-10H,(H,21,22,23)(H,24,25,26);;. The van der Waals surface area contributed by atoms with Gasteiger partial charge in [-0.2, -0.15) is 16.8 Å². The summed E-state index contributed by atoms with van der Waals surface area (Å²) in [6, 6.07) is 15.5. The predicted molar refractivity (Wildman–Crippen MR) is 116 cm³/mol. The van der Waals surface area contributed by atoms with Crippen molar-refractivity contribution in [3.05, 3.63) is 60.7 Å². The van der Waals surface area contributed by atoms with Crippen molar-refractivity contribution in [1.29, 1.82) is 0 Å². The Labute approximate surface area is 193 Å². The second-order valence-electron chi connectivity index (χ2n) is 6.67. The Morgan fingerprint density at radius 1 is 0.667 bits per heavy atom. The zero-order chi connectivity index (χ0) is 20.6. The average Bonchev–Trinajstić information content (AvgIpc) is 3.04. The number of hydrogen-bond acceptors (Lipinski definition) is 5. The quantitative estimate of drug-likeness (QED) is 0.309. The first kappa shape index (κ1) is 21.3. The Morgan fingerprint density at radius 3 is 2.00 bits per heavy atom. The van der Waals surface area contributed by atoms with E-state index in [2.05, 4.69) is 0 Å². The summed E-state index contributed by atoms with van der Waals surface area (Å²) in [6.45, 7) is 0. The Bertz CT molecular complexity index is 1700. The molecular weight excluding hydrogens is 439 g/mol. The van der Waals surface area contributed by atoms with E-state index in [9.17, 15) is 25.9 Å². The van der Waals surface area contributed by atoms with Crippen LogP contribution in [0.5, 0.6) is 0 Å². The average molecular weight is 452 g/mol. The van der Waals surface area contributed by atoms with Crippen molar-refractivity contribution in [2.24, 2.45) is 0 Å². The molecule has 5 aromatic rings. The number of fused-ring (bicyclic) bond motifs is 7. The molecule has 0 saturated heterocycles. The van der Waals surface area contributed by atoms with Gasteiger partial charge in [0.05, 0.1) is 4.90 Å². The van der Waals surface area contributed by atoms with Crippen LogP contribution in [0.25, 0.3) is 43.5 Å². The molecule has 30 heavy (non-hydrogen) atoms. The van der Waals surface area contributed by atoms with Crippen molar-refractivity contribution >= 4 is 93.3 Å². The van der Waals surface area contributed by atoms with Crippen LogP contribution in [0.4, 0.5) is 0 Å². The van der Waals surface area contributed by atoms with Crippen LogP contribution in [0.2, 0.25) is 0 Å². The monoisotopic (exact) mass is 452 g/mol. The van der Waals surface area contributed by atoms with Gasteiger partial charge in [-0.05, 0) is 34.4 Å². The molecule has 1 heterocycles. The van der Waals surface area contributed by atoms with E-state index >= 15 is 0 Å². The number of rotatable bonds is 2. The molecule has 2 N–H and O–H groups in total. The van der Waals surface area contributed by atoms with Gasteiger partial charge in [0.15, 0.2) is 0 Å². The van der Waals surface area contributed by atoms with Crippen LogP contribution >= 0.6 is 0 Å². The van der Waals surface area contributed by atoms with Crippen molar-refractivity contribution in [2.75, 3.05) is 0 Å². The maximum atomic E-state index is 11.9. The third-order valence-corrected chi connectivity index (χ3v) is 6.71. The van der Waals surface area contributed by atoms with Gasteiger partial charge in [-0.25, -0.2) is 0 Å². The zero-order valence-electron chi connectivity index (χ0n) is 14.5. The molecule has 0 bridgehead atoms. The molecule has 7 nitrogen and oxygen atoms in total. The van der Waals surface area contributed by atoms with Gasteiger partial charge in [0.1, 0.15) is 16.1 Å². The van der Waals surface area contributed by atoms with Crippen LogP contribution < -0.4 is 0 Å². The van der Waals surface area contributed by atoms with Gasteiger partial charge < -0.3 is 4.42 Å². The molecule has 0 aliphatic carbocycles. The van der Waals surface area contributed by atoms with E-state index in [-0.39, 0.29) is 44.9 Å². The van der Waals surface area contributed by atoms with E-state index in [0.29, 0.717) is 37.9 Å². The van der Waals surface area contributed by atoms with Gasteiger partial charge in [0, 0.05) is 22.2 Å². The van der Waals surface area contributed by atoms with Crippen LogP contribution in [-0.4, -0.2) is 55.5 Å². The summed E-state index contributed by atoms with van der Waals surface area (Å²) < 4.78 is 71.5. The fraction of sp³-hybridized carbons (Fsp3) is 0. The molecular formula is C20H13NaO7S2. The maximum absolute atomic E-state index is 11.9. The Hall–Kier alpha value is -1.98. The summed E-state index contributed by atoms with van der Waals surface area (Å²) in [5.41, 5.74) is 0.752. The van der Waals surface area contributed by atoms with Gasteiger partial charge >= 0.3 is 29.6 Å². The predicted octanol–water partition coefficient (Wildman–Crippen LogP) is 3.74. The van der Waals surface area contributed by atoms with Crippen LogP contribution in [0.1, 0.15) is 0 Å². The molecule has 148 valence electrons. The molecule has 0 fully saturated rings. The molecule has 1 aromatic heterocycles. The zero-order valence-corrected chi connectivity index (χ0v) is 16.2. The summed E-state index contributed by atoms with van der Waals surface area (Å²) >= 11 is 0. The summed E-state index contributed by atoms with van der Waals surface area (Å²) in [5, 5.41) is 3.49. The van der Waals surface area contributed by atoms with E-state index < -0.39 is 20.2 Å². The molecule has 0 aliphatic heterocycles. The van der Waals surface area contributed by atoms with Crippen molar-refractivity contribution in [3.8, 4) is 0 Å². The van der Waals surface area contributed by atoms with Gasteiger partial charge in [-0.15, -0.1) is 0 Å². The van der Waals surface area contributed by atoms with Crippen LogP contribution in [0.15, 0.2) is 74.9 Å². The minimum absolute atomic E-state index is 0. The first-order chi connectivity index (χ1) is 13.6. The molecule has 5 rings (SSSR count). The van der Waals surface area contributed by atoms with E-state index in [1.54, 1.807) is 42.5 Å². The van der Waals surface area contributed by atoms with E-state index in [4.69, 9.17) is 4.42 Å². The van der Waals surface area contributed by atoms with Gasteiger partial charge in [0.2, 0.25) is 0 Å². The summed E-state index contributed by atoms with van der Waals surface area (Å²) in [4.78, 5) is -0.478. The van der Waals surface area contributed by atoms with Gasteiger partial charge in [-0.1, -0.05) is 36.4 Å². The van der Waals surface area contributed by atoms with Crippen LogP contribution in [0, 0.1) is 0 Å². The molecule has 0 amide bonds. The third kappa shape index (κ3) is 3.23. The second-order valence-corrected chi connectivity index (χ2v) is 9.48. The molecule has 4 aromatic carbocycles. The van der Waals surface area contributed by atoms with Gasteiger partial charge in [-0.3, -0.25) is 9.11 Å². The molecule has 0 radical (unpaired) electrons. The molecule has 0 aliphatic rings. The summed E-state index contributed by atoms with van der Waals surface area (Å²) in [6.07, 6.45) is 0. The van der Waals surface area contributed by atoms with Crippen LogP contribution in [-0.2, 0) is 20.2 Å². The molecule has 10 heteroatoms. The van der Waals surface area contributed by atoms with Crippen LogP contribution in [0.3, 0.4) is 0 Å². The Morgan fingerprint density at radius 2 is 1.33 bits per heavy atom. The van der Waals surface area contributed by atoms with E-state index in [1.165, 1.54) is 18.2 Å². The first-order valence-electron chi connectivity index (χ1n) is 8.40. The van der Waals surface area contributed by atoms with Crippen molar-refractivity contribution in [3.63, 3.8) is 0 Å². The molecule has 0 saturated carbocycles. The third-order valence-electron chi connectivity index (χ3n) is 4.97. The van der Waals surface area contributed by atoms with Crippen molar-refractivity contribution < 1.29 is 30.4 Å². The molecule has 0 unspecified atom stereocenters. The SMILES string of the molecule is O=S(=O)(O)c1ccc2c(ccc3oc4cc(S(=O)(=O)O)c5ccccc5c4c32)c1.[NaH]. The Kier molecular flexibility index (Phi) is 4.98. The number of benzene rings is 4. The Balaban J connectivity index is 0.00000218. The summed E-state index contributed by atoms with van der Waals surface area (Å²) in [5.74, 6) is 0. The van der Waals surface area contributed by atoms with Crippen molar-refractivity contribution in [1.82, 2.24) is 0 Å². The second kappa shape index (κ2) is 7.03.